The van der Waals surface area contributed by atoms with Gasteiger partial charge >= 0.3 is 5.97 Å². The Morgan fingerprint density at radius 2 is 1.90 bits per heavy atom. The van der Waals surface area contributed by atoms with Crippen molar-refractivity contribution in [1.29, 1.82) is 0 Å². The van der Waals surface area contributed by atoms with Crippen LogP contribution in [0.25, 0.3) is 0 Å². The summed E-state index contributed by atoms with van der Waals surface area (Å²) in [7, 11) is -2.31. The van der Waals surface area contributed by atoms with E-state index in [1.54, 1.807) is 0 Å². The molecule has 0 aliphatic heterocycles. The van der Waals surface area contributed by atoms with Crippen molar-refractivity contribution in [3.8, 4) is 5.75 Å². The predicted molar refractivity (Wildman–Crippen MR) is 71.1 cm³/mol. The van der Waals surface area contributed by atoms with Crippen LogP contribution in [0.4, 0.5) is 0 Å². The molecule has 1 aromatic rings. The van der Waals surface area contributed by atoms with Gasteiger partial charge in [-0.25, -0.2) is 13.2 Å². The molecule has 0 spiro atoms. The number of aliphatic hydroxyl groups excluding tert-OH is 1. The molecule has 0 amide bonds. The summed E-state index contributed by atoms with van der Waals surface area (Å²) in [4.78, 5) is 10.4. The van der Waals surface area contributed by atoms with E-state index in [1.165, 1.54) is 38.2 Å². The molecule has 0 aliphatic carbocycles. The number of ether oxygens (including phenoxy) is 1. The van der Waals surface area contributed by atoms with E-state index in [0.29, 0.717) is 0 Å². The lowest BCUT2D eigenvalue weighted by Gasteiger charge is -2.18. The average Bonchev–Trinajstić information content (AvgIpc) is 2.36. The lowest BCUT2D eigenvalue weighted by molar-refractivity contribution is -0.139. The van der Waals surface area contributed by atoms with Crippen LogP contribution in [0.2, 0.25) is 0 Å². The first-order chi connectivity index (χ1) is 9.23. The molecule has 20 heavy (non-hydrogen) atoms. The highest BCUT2D eigenvalue weighted by Gasteiger charge is 2.21. The highest BCUT2D eigenvalue weighted by molar-refractivity contribution is 7.89. The molecule has 112 valence electrons. The second-order valence-electron chi connectivity index (χ2n) is 4.29. The van der Waals surface area contributed by atoms with Crippen LogP contribution in [-0.4, -0.2) is 55.2 Å². The first-order valence-corrected chi connectivity index (χ1v) is 7.26. The van der Waals surface area contributed by atoms with Crippen molar-refractivity contribution < 1.29 is 28.2 Å². The molecule has 8 heteroatoms. The summed E-state index contributed by atoms with van der Waals surface area (Å²) in [6.45, 7) is 0.989. The quantitative estimate of drug-likeness (QED) is 0.743. The Morgan fingerprint density at radius 3 is 2.35 bits per heavy atom. The largest absolute Gasteiger partial charge is 0.482 e. The summed E-state index contributed by atoms with van der Waals surface area (Å²) < 4.78 is 30.2. The van der Waals surface area contributed by atoms with Crippen molar-refractivity contribution >= 4 is 16.0 Å². The highest BCUT2D eigenvalue weighted by Crippen LogP contribution is 2.19. The number of carbonyl (C=O) groups is 1. The van der Waals surface area contributed by atoms with Gasteiger partial charge in [0.1, 0.15) is 5.75 Å². The van der Waals surface area contributed by atoms with Crippen LogP contribution in [0.3, 0.4) is 0 Å². The van der Waals surface area contributed by atoms with Crippen molar-refractivity contribution in [1.82, 2.24) is 4.31 Å². The minimum Gasteiger partial charge on any atom is -0.482 e. The topological polar surface area (TPSA) is 104 Å². The van der Waals surface area contributed by atoms with Gasteiger partial charge in [-0.3, -0.25) is 0 Å². The summed E-state index contributed by atoms with van der Waals surface area (Å²) in [5.41, 5.74) is 0. The number of carboxylic acid groups (broad SMARTS) is 1. The molecule has 2 N–H and O–H groups in total. The molecule has 0 radical (unpaired) electrons. The molecule has 7 nitrogen and oxygen atoms in total. The fourth-order valence-corrected chi connectivity index (χ4v) is 2.75. The highest BCUT2D eigenvalue weighted by atomic mass is 32.2. The first-order valence-electron chi connectivity index (χ1n) is 5.82. The van der Waals surface area contributed by atoms with E-state index < -0.39 is 28.7 Å². The van der Waals surface area contributed by atoms with Gasteiger partial charge < -0.3 is 14.9 Å². The van der Waals surface area contributed by atoms with Gasteiger partial charge in [0.25, 0.3) is 0 Å². The van der Waals surface area contributed by atoms with Gasteiger partial charge in [0.05, 0.1) is 11.0 Å². The monoisotopic (exact) mass is 303 g/mol. The first kappa shape index (κ1) is 16.4. The van der Waals surface area contributed by atoms with Crippen LogP contribution in [0.5, 0.6) is 5.75 Å². The Bertz CT molecular complexity index is 552. The Hall–Kier alpha value is -1.64. The van der Waals surface area contributed by atoms with Crippen molar-refractivity contribution in [2.24, 2.45) is 0 Å². The molecular weight excluding hydrogens is 286 g/mol. The van der Waals surface area contributed by atoms with Crippen molar-refractivity contribution in [2.45, 2.75) is 17.9 Å². The zero-order valence-electron chi connectivity index (χ0n) is 11.2. The lowest BCUT2D eigenvalue weighted by atomic mass is 10.3. The Kier molecular flexibility index (Phi) is 5.49. The minimum absolute atomic E-state index is 0.0143. The van der Waals surface area contributed by atoms with Gasteiger partial charge in [-0.15, -0.1) is 0 Å². The number of hydrogen-bond donors (Lipinski definition) is 2. The molecule has 0 heterocycles. The van der Waals surface area contributed by atoms with E-state index in [4.69, 9.17) is 9.84 Å². The van der Waals surface area contributed by atoms with Crippen LogP contribution < -0.4 is 4.74 Å². The van der Waals surface area contributed by atoms with Crippen molar-refractivity contribution in [3.63, 3.8) is 0 Å². The molecule has 1 aromatic carbocycles. The maximum absolute atomic E-state index is 12.1. The van der Waals surface area contributed by atoms with Crippen LogP contribution in [0.1, 0.15) is 6.92 Å². The zero-order chi connectivity index (χ0) is 15.3. The van der Waals surface area contributed by atoms with Crippen LogP contribution in [-0.2, 0) is 14.8 Å². The van der Waals surface area contributed by atoms with Gasteiger partial charge in [0, 0.05) is 13.6 Å². The van der Waals surface area contributed by atoms with Gasteiger partial charge in [0.15, 0.2) is 6.61 Å². The standard InChI is InChI=1S/C12H17NO6S/c1-9(14)7-13(2)20(17,18)11-5-3-10(4-6-11)19-8-12(15)16/h3-6,9,14H,7-8H2,1-2H3,(H,15,16). The molecule has 0 fully saturated rings. The minimum atomic E-state index is -3.68. The van der Waals surface area contributed by atoms with E-state index in [-0.39, 0.29) is 17.2 Å². The van der Waals surface area contributed by atoms with Gasteiger partial charge in [0.2, 0.25) is 10.0 Å². The van der Waals surface area contributed by atoms with E-state index in [9.17, 15) is 18.3 Å². The normalized spacial score (nSPS) is 13.2. The van der Waals surface area contributed by atoms with Gasteiger partial charge in [-0.2, -0.15) is 4.31 Å². The fourth-order valence-electron chi connectivity index (χ4n) is 1.50. The molecule has 0 bridgehead atoms. The van der Waals surface area contributed by atoms with Crippen LogP contribution in [0, 0.1) is 0 Å². The van der Waals surface area contributed by atoms with Crippen LogP contribution >= 0.6 is 0 Å². The molecule has 0 saturated heterocycles. The molecule has 1 atom stereocenters. The fraction of sp³-hybridized carbons (Fsp3) is 0.417. The third-order valence-electron chi connectivity index (χ3n) is 2.42. The molecule has 0 aromatic heterocycles. The second kappa shape index (κ2) is 6.69. The van der Waals surface area contributed by atoms with Gasteiger partial charge in [-0.1, -0.05) is 0 Å². The summed E-state index contributed by atoms with van der Waals surface area (Å²) >= 11 is 0. The number of rotatable bonds is 7. The maximum Gasteiger partial charge on any atom is 0.341 e. The van der Waals surface area contributed by atoms with Gasteiger partial charge in [-0.05, 0) is 31.2 Å². The zero-order valence-corrected chi connectivity index (χ0v) is 12.0. The Labute approximate surface area is 117 Å². The number of nitrogens with zero attached hydrogens (tertiary/aromatic N) is 1. The molecule has 0 saturated carbocycles. The van der Waals surface area contributed by atoms with Crippen molar-refractivity contribution in [2.75, 3.05) is 20.2 Å². The Balaban J connectivity index is 2.84. The third-order valence-corrected chi connectivity index (χ3v) is 4.25. The van der Waals surface area contributed by atoms with E-state index in [2.05, 4.69) is 0 Å². The number of benzene rings is 1. The van der Waals surface area contributed by atoms with E-state index in [0.717, 1.165) is 4.31 Å². The second-order valence-corrected chi connectivity index (χ2v) is 6.33. The molecule has 0 aliphatic rings. The smallest absolute Gasteiger partial charge is 0.341 e. The number of carboxylic acids is 1. The van der Waals surface area contributed by atoms with Crippen molar-refractivity contribution in [3.05, 3.63) is 24.3 Å². The number of aliphatic carboxylic acids is 1. The SMILES string of the molecule is CC(O)CN(C)S(=O)(=O)c1ccc(OCC(=O)O)cc1. The van der Waals surface area contributed by atoms with E-state index in [1.807, 2.05) is 0 Å². The summed E-state index contributed by atoms with van der Waals surface area (Å²) in [6, 6.07) is 5.41. The third kappa shape index (κ3) is 4.48. The van der Waals surface area contributed by atoms with E-state index >= 15 is 0 Å². The Morgan fingerprint density at radius 1 is 1.35 bits per heavy atom. The number of likely N-dealkylation sites (N-methyl/N-ethyl adjacent to an activating group) is 1. The molecule has 1 rings (SSSR count). The molecule has 1 unspecified atom stereocenters. The lowest BCUT2D eigenvalue weighted by Crippen LogP contribution is -2.33. The summed E-state index contributed by atoms with van der Waals surface area (Å²) in [5.74, 6) is -0.845. The summed E-state index contributed by atoms with van der Waals surface area (Å²) in [5, 5.41) is 17.7. The average molecular weight is 303 g/mol. The summed E-state index contributed by atoms with van der Waals surface area (Å²) in [6.07, 6.45) is -0.770. The maximum atomic E-state index is 12.1. The number of sulfonamides is 1. The molecular formula is C12H17NO6S. The predicted octanol–water partition coefficient (Wildman–Crippen LogP) is 0.151. The number of hydrogen-bond acceptors (Lipinski definition) is 5. The number of aliphatic hydroxyl groups is 1. The van der Waals surface area contributed by atoms with Crippen LogP contribution in [0.15, 0.2) is 29.2 Å².